The predicted molar refractivity (Wildman–Crippen MR) is 112 cm³/mol. The molecule has 3 aromatic heterocycles. The van der Waals surface area contributed by atoms with Crippen LogP contribution in [0.1, 0.15) is 41.7 Å². The number of aryl methyl sites for hydroxylation is 1. The molecule has 2 N–H and O–H groups in total. The maximum atomic E-state index is 12.6. The van der Waals surface area contributed by atoms with Gasteiger partial charge in [-0.3, -0.25) is 9.69 Å². The summed E-state index contributed by atoms with van der Waals surface area (Å²) in [5.74, 6) is 0.870. The number of nitrogens with one attached hydrogen (secondary N) is 2. The molecule has 1 aliphatic heterocycles. The van der Waals surface area contributed by atoms with Gasteiger partial charge in [-0.05, 0) is 50.6 Å². The third-order valence-electron chi connectivity index (χ3n) is 5.62. The number of rotatable bonds is 4. The number of aromatic amines is 1. The maximum Gasteiger partial charge on any atom is 0.256 e. The fraction of sp³-hybridized carbons (Fsp3) is 0.318. The number of carbonyl (C=O) groups excluding carboxylic acids is 1. The first kappa shape index (κ1) is 17.9. The second-order valence-corrected chi connectivity index (χ2v) is 7.78. The van der Waals surface area contributed by atoms with Gasteiger partial charge in [-0.1, -0.05) is 0 Å². The molecule has 148 valence electrons. The zero-order valence-electron chi connectivity index (χ0n) is 16.5. The first-order chi connectivity index (χ1) is 14.0. The van der Waals surface area contributed by atoms with Crippen molar-refractivity contribution in [3.8, 4) is 0 Å². The van der Waals surface area contributed by atoms with E-state index in [0.29, 0.717) is 34.4 Å². The SMILES string of the molecule is Cc1nc2cc(C(=O)Nc3cc4[nH]c(CN5CCC[C@@H]5C)cc4cn3)ccc2o1. The fourth-order valence-electron chi connectivity index (χ4n) is 4.06. The molecule has 0 bridgehead atoms. The number of fused-ring (bicyclic) bond motifs is 2. The molecule has 1 saturated heterocycles. The van der Waals surface area contributed by atoms with E-state index in [1.807, 2.05) is 6.07 Å². The lowest BCUT2D eigenvalue weighted by Gasteiger charge is -2.19. The molecule has 1 aromatic carbocycles. The molecule has 1 fully saturated rings. The molecular weight excluding hydrogens is 366 g/mol. The number of oxazole rings is 1. The Morgan fingerprint density at radius 3 is 3.07 bits per heavy atom. The Balaban J connectivity index is 1.34. The summed E-state index contributed by atoms with van der Waals surface area (Å²) in [6.45, 7) is 6.12. The van der Waals surface area contributed by atoms with E-state index in [1.54, 1.807) is 31.3 Å². The number of H-pyrrole nitrogens is 1. The number of carbonyl (C=O) groups is 1. The second-order valence-electron chi connectivity index (χ2n) is 7.78. The molecule has 0 radical (unpaired) electrons. The summed E-state index contributed by atoms with van der Waals surface area (Å²) in [6, 6.07) is 9.86. The van der Waals surface area contributed by atoms with Crippen LogP contribution in [0.2, 0.25) is 0 Å². The minimum absolute atomic E-state index is 0.225. The molecular formula is C22H23N5O2. The van der Waals surface area contributed by atoms with Crippen molar-refractivity contribution in [1.82, 2.24) is 19.9 Å². The average molecular weight is 389 g/mol. The van der Waals surface area contributed by atoms with Gasteiger partial charge in [-0.25, -0.2) is 9.97 Å². The molecule has 29 heavy (non-hydrogen) atoms. The quantitative estimate of drug-likeness (QED) is 0.545. The van der Waals surface area contributed by atoms with Crippen LogP contribution in [-0.2, 0) is 6.54 Å². The van der Waals surface area contributed by atoms with Gasteiger partial charge in [0.1, 0.15) is 11.3 Å². The van der Waals surface area contributed by atoms with E-state index in [1.165, 1.54) is 18.5 Å². The smallest absolute Gasteiger partial charge is 0.256 e. The maximum absolute atomic E-state index is 12.6. The zero-order valence-corrected chi connectivity index (χ0v) is 16.5. The Kier molecular flexibility index (Phi) is 4.32. The van der Waals surface area contributed by atoms with Gasteiger partial charge in [0.25, 0.3) is 5.91 Å². The van der Waals surface area contributed by atoms with Crippen molar-refractivity contribution in [2.75, 3.05) is 11.9 Å². The summed E-state index contributed by atoms with van der Waals surface area (Å²) < 4.78 is 5.46. The molecule has 4 heterocycles. The van der Waals surface area contributed by atoms with Crippen LogP contribution >= 0.6 is 0 Å². The summed E-state index contributed by atoms with van der Waals surface area (Å²) in [5, 5.41) is 3.92. The van der Waals surface area contributed by atoms with Crippen molar-refractivity contribution in [2.24, 2.45) is 0 Å². The zero-order chi connectivity index (χ0) is 20.0. The Bertz CT molecular complexity index is 1210. The second kappa shape index (κ2) is 7.00. The highest BCUT2D eigenvalue weighted by Crippen LogP contribution is 2.23. The van der Waals surface area contributed by atoms with Gasteiger partial charge in [0.2, 0.25) is 0 Å². The lowest BCUT2D eigenvalue weighted by Crippen LogP contribution is -2.26. The van der Waals surface area contributed by atoms with E-state index in [4.69, 9.17) is 4.42 Å². The van der Waals surface area contributed by atoms with Crippen LogP contribution in [0.4, 0.5) is 5.82 Å². The van der Waals surface area contributed by atoms with Gasteiger partial charge in [0, 0.05) is 48.4 Å². The van der Waals surface area contributed by atoms with Crippen LogP contribution in [0, 0.1) is 6.92 Å². The van der Waals surface area contributed by atoms with Crippen LogP contribution in [0.15, 0.2) is 40.9 Å². The molecule has 0 spiro atoms. The summed E-state index contributed by atoms with van der Waals surface area (Å²) >= 11 is 0. The van der Waals surface area contributed by atoms with Gasteiger partial charge in [0.05, 0.1) is 5.52 Å². The van der Waals surface area contributed by atoms with Crippen molar-refractivity contribution < 1.29 is 9.21 Å². The summed E-state index contributed by atoms with van der Waals surface area (Å²) in [5.41, 5.74) is 4.00. The molecule has 1 amide bonds. The Morgan fingerprint density at radius 2 is 2.24 bits per heavy atom. The molecule has 0 unspecified atom stereocenters. The van der Waals surface area contributed by atoms with Gasteiger partial charge >= 0.3 is 0 Å². The third-order valence-corrected chi connectivity index (χ3v) is 5.62. The summed E-state index contributed by atoms with van der Waals surface area (Å²) in [7, 11) is 0. The molecule has 7 nitrogen and oxygen atoms in total. The number of likely N-dealkylation sites (tertiary alicyclic amines) is 1. The number of nitrogens with zero attached hydrogens (tertiary/aromatic N) is 3. The van der Waals surface area contributed by atoms with E-state index in [0.717, 1.165) is 24.0 Å². The molecule has 7 heteroatoms. The summed E-state index contributed by atoms with van der Waals surface area (Å²) in [6.07, 6.45) is 4.32. The average Bonchev–Trinajstić information content (AvgIpc) is 3.38. The number of anilines is 1. The van der Waals surface area contributed by atoms with Crippen molar-refractivity contribution >= 4 is 33.7 Å². The molecule has 1 aliphatic rings. The molecule has 4 aromatic rings. The predicted octanol–water partition coefficient (Wildman–Crippen LogP) is 4.25. The number of pyridine rings is 1. The van der Waals surface area contributed by atoms with Crippen LogP contribution in [-0.4, -0.2) is 38.3 Å². The lowest BCUT2D eigenvalue weighted by molar-refractivity contribution is 0.102. The first-order valence-corrected chi connectivity index (χ1v) is 9.95. The van der Waals surface area contributed by atoms with Gasteiger partial charge in [0.15, 0.2) is 11.5 Å². The van der Waals surface area contributed by atoms with Crippen molar-refractivity contribution in [3.05, 3.63) is 53.7 Å². The lowest BCUT2D eigenvalue weighted by atomic mass is 10.2. The van der Waals surface area contributed by atoms with Gasteiger partial charge < -0.3 is 14.7 Å². The van der Waals surface area contributed by atoms with E-state index >= 15 is 0 Å². The van der Waals surface area contributed by atoms with Gasteiger partial charge in [-0.2, -0.15) is 0 Å². The Labute approximate surface area is 168 Å². The minimum atomic E-state index is -0.225. The van der Waals surface area contributed by atoms with E-state index in [9.17, 15) is 4.79 Å². The van der Waals surface area contributed by atoms with Crippen LogP contribution in [0.25, 0.3) is 22.0 Å². The van der Waals surface area contributed by atoms with E-state index < -0.39 is 0 Å². The molecule has 5 rings (SSSR count). The third kappa shape index (κ3) is 3.49. The van der Waals surface area contributed by atoms with Crippen LogP contribution in [0.3, 0.4) is 0 Å². The Morgan fingerprint density at radius 1 is 1.34 bits per heavy atom. The van der Waals surface area contributed by atoms with Crippen LogP contribution < -0.4 is 5.32 Å². The highest BCUT2D eigenvalue weighted by atomic mass is 16.3. The van der Waals surface area contributed by atoms with Crippen molar-refractivity contribution in [2.45, 2.75) is 39.3 Å². The molecule has 0 saturated carbocycles. The van der Waals surface area contributed by atoms with Crippen molar-refractivity contribution in [3.63, 3.8) is 0 Å². The fourth-order valence-corrected chi connectivity index (χ4v) is 4.06. The monoisotopic (exact) mass is 389 g/mol. The minimum Gasteiger partial charge on any atom is -0.441 e. The normalized spacial score (nSPS) is 17.4. The van der Waals surface area contributed by atoms with Crippen molar-refractivity contribution in [1.29, 1.82) is 0 Å². The Hall–Kier alpha value is -3.19. The van der Waals surface area contributed by atoms with E-state index in [2.05, 4.69) is 38.2 Å². The highest BCUT2D eigenvalue weighted by Gasteiger charge is 2.20. The standard InChI is InChI=1S/C22H23N5O2/c1-13-4-3-7-27(13)12-17-8-16-11-23-21(10-18(16)25-17)26-22(28)15-5-6-20-19(9-15)24-14(2)29-20/h5-6,8-11,13,25H,3-4,7,12H2,1-2H3,(H,23,26,28)/t13-/m0/s1. The molecule has 0 aliphatic carbocycles. The molecule has 1 atom stereocenters. The first-order valence-electron chi connectivity index (χ1n) is 9.95. The number of benzene rings is 1. The highest BCUT2D eigenvalue weighted by molar-refractivity contribution is 6.05. The summed E-state index contributed by atoms with van der Waals surface area (Å²) in [4.78, 5) is 27.3. The van der Waals surface area contributed by atoms with Crippen LogP contribution in [0.5, 0.6) is 0 Å². The number of hydrogen-bond acceptors (Lipinski definition) is 5. The number of amides is 1. The largest absolute Gasteiger partial charge is 0.441 e. The topological polar surface area (TPSA) is 87.0 Å². The number of hydrogen-bond donors (Lipinski definition) is 2. The van der Waals surface area contributed by atoms with E-state index in [-0.39, 0.29) is 5.91 Å². The van der Waals surface area contributed by atoms with Gasteiger partial charge in [-0.15, -0.1) is 0 Å². The number of aromatic nitrogens is 3.